The number of halogens is 2. The number of alkyl halides is 2. The van der Waals surface area contributed by atoms with Crippen LogP contribution in [-0.2, 0) is 4.79 Å². The van der Waals surface area contributed by atoms with Gasteiger partial charge in [0, 0.05) is 19.5 Å². The van der Waals surface area contributed by atoms with Crippen LogP contribution >= 0.6 is 0 Å². The Hall–Kier alpha value is -0.710. The number of piperidine rings is 1. The van der Waals surface area contributed by atoms with Gasteiger partial charge in [-0.2, -0.15) is 0 Å². The lowest BCUT2D eigenvalue weighted by molar-refractivity contribution is -0.160. The van der Waals surface area contributed by atoms with Crippen molar-refractivity contribution in [2.75, 3.05) is 13.1 Å². The molecule has 1 aliphatic rings. The Morgan fingerprint density at radius 3 is 2.64 bits per heavy atom. The number of nitrogens with one attached hydrogen (secondary N) is 1. The largest absolute Gasteiger partial charge is 0.481 e. The molecule has 5 heteroatoms. The number of carbonyl (C=O) groups is 1. The van der Waals surface area contributed by atoms with E-state index in [0.717, 1.165) is 0 Å². The zero-order chi connectivity index (χ0) is 8.48. The number of aliphatic carboxylic acids is 1. The monoisotopic (exact) mass is 165 g/mol. The van der Waals surface area contributed by atoms with Crippen molar-refractivity contribution in [3.05, 3.63) is 0 Å². The van der Waals surface area contributed by atoms with Gasteiger partial charge in [-0.3, -0.25) is 4.79 Å². The zero-order valence-corrected chi connectivity index (χ0v) is 5.81. The van der Waals surface area contributed by atoms with Crippen LogP contribution in [0.4, 0.5) is 8.78 Å². The molecule has 1 saturated heterocycles. The van der Waals surface area contributed by atoms with Crippen molar-refractivity contribution < 1.29 is 18.7 Å². The van der Waals surface area contributed by atoms with Crippen LogP contribution in [0.5, 0.6) is 0 Å². The summed E-state index contributed by atoms with van der Waals surface area (Å²) in [6, 6.07) is 0. The molecule has 1 heterocycles. The van der Waals surface area contributed by atoms with Gasteiger partial charge in [-0.1, -0.05) is 0 Å². The second-order valence-corrected chi connectivity index (χ2v) is 2.61. The fraction of sp³-hybridized carbons (Fsp3) is 0.833. The second-order valence-electron chi connectivity index (χ2n) is 2.61. The van der Waals surface area contributed by atoms with E-state index in [4.69, 9.17) is 5.11 Å². The normalized spacial score (nSPS) is 29.8. The first-order valence-corrected chi connectivity index (χ1v) is 3.35. The lowest BCUT2D eigenvalue weighted by atomic mass is 9.95. The average molecular weight is 165 g/mol. The van der Waals surface area contributed by atoms with E-state index in [1.165, 1.54) is 0 Å². The molecule has 11 heavy (non-hydrogen) atoms. The Morgan fingerprint density at radius 1 is 1.64 bits per heavy atom. The number of hydrogen-bond donors (Lipinski definition) is 2. The fourth-order valence-electron chi connectivity index (χ4n) is 1.09. The summed E-state index contributed by atoms with van der Waals surface area (Å²) in [6.07, 6.45) is -0.385. The van der Waals surface area contributed by atoms with E-state index in [9.17, 15) is 13.6 Å². The molecule has 0 saturated carbocycles. The van der Waals surface area contributed by atoms with Gasteiger partial charge in [0.25, 0.3) is 5.92 Å². The van der Waals surface area contributed by atoms with Gasteiger partial charge in [-0.25, -0.2) is 8.78 Å². The maximum Gasteiger partial charge on any atom is 0.313 e. The van der Waals surface area contributed by atoms with Crippen LogP contribution in [-0.4, -0.2) is 30.1 Å². The summed E-state index contributed by atoms with van der Waals surface area (Å²) in [5, 5.41) is 11.0. The Morgan fingerprint density at radius 2 is 2.27 bits per heavy atom. The second kappa shape index (κ2) is 2.73. The predicted octanol–water partition coefficient (Wildman–Crippen LogP) is 0.316. The average Bonchev–Trinajstić information content (AvgIpc) is 1.85. The van der Waals surface area contributed by atoms with E-state index in [1.54, 1.807) is 0 Å². The molecule has 1 aliphatic heterocycles. The van der Waals surface area contributed by atoms with Crippen molar-refractivity contribution in [1.82, 2.24) is 5.32 Å². The molecule has 0 aromatic carbocycles. The fourth-order valence-corrected chi connectivity index (χ4v) is 1.09. The third-order valence-corrected chi connectivity index (χ3v) is 1.79. The molecule has 1 atom stereocenters. The molecule has 0 aromatic heterocycles. The van der Waals surface area contributed by atoms with Crippen molar-refractivity contribution in [3.63, 3.8) is 0 Å². The SMILES string of the molecule is O=C(O)[C@H]1CNCCC1(F)F. The molecule has 0 aliphatic carbocycles. The standard InChI is InChI=1S/C6H9F2NO2/c7-6(8)1-2-9-3-4(6)5(10)11/h4,9H,1-3H2,(H,10,11)/t4-/m1/s1. The summed E-state index contributed by atoms with van der Waals surface area (Å²) in [5.74, 6) is -6.03. The van der Waals surface area contributed by atoms with Gasteiger partial charge in [-0.05, 0) is 0 Å². The topological polar surface area (TPSA) is 49.3 Å². The summed E-state index contributed by atoms with van der Waals surface area (Å²) in [6.45, 7) is 0.0547. The molecule has 0 bridgehead atoms. The minimum absolute atomic E-state index is 0.137. The summed E-state index contributed by atoms with van der Waals surface area (Å²) >= 11 is 0. The van der Waals surface area contributed by atoms with Crippen molar-refractivity contribution >= 4 is 5.97 Å². The molecule has 0 unspecified atom stereocenters. The van der Waals surface area contributed by atoms with Crippen LogP contribution in [0.1, 0.15) is 6.42 Å². The summed E-state index contributed by atoms with van der Waals surface area (Å²) < 4.78 is 25.4. The first-order valence-electron chi connectivity index (χ1n) is 3.35. The third-order valence-electron chi connectivity index (χ3n) is 1.79. The van der Waals surface area contributed by atoms with Crippen LogP contribution in [0.2, 0.25) is 0 Å². The molecule has 0 radical (unpaired) electrons. The number of rotatable bonds is 1. The highest BCUT2D eigenvalue weighted by Gasteiger charge is 2.45. The first kappa shape index (κ1) is 8.39. The molecule has 0 aromatic rings. The van der Waals surface area contributed by atoms with Gasteiger partial charge in [0.15, 0.2) is 0 Å². The molecule has 2 N–H and O–H groups in total. The summed E-state index contributed by atoms with van der Waals surface area (Å²) in [4.78, 5) is 10.2. The first-order chi connectivity index (χ1) is 5.04. The highest BCUT2D eigenvalue weighted by atomic mass is 19.3. The van der Waals surface area contributed by atoms with Crippen LogP contribution in [0.15, 0.2) is 0 Å². The summed E-state index contributed by atoms with van der Waals surface area (Å²) in [7, 11) is 0. The van der Waals surface area contributed by atoms with E-state index in [1.807, 2.05) is 0 Å². The van der Waals surface area contributed by atoms with Crippen LogP contribution in [0.3, 0.4) is 0 Å². The van der Waals surface area contributed by atoms with E-state index in [-0.39, 0.29) is 19.5 Å². The van der Waals surface area contributed by atoms with Gasteiger partial charge >= 0.3 is 5.97 Å². The van der Waals surface area contributed by atoms with Crippen molar-refractivity contribution in [1.29, 1.82) is 0 Å². The minimum atomic E-state index is -3.04. The van der Waals surface area contributed by atoms with Crippen molar-refractivity contribution in [3.8, 4) is 0 Å². The van der Waals surface area contributed by atoms with Crippen LogP contribution in [0, 0.1) is 5.92 Å². The summed E-state index contributed by atoms with van der Waals surface area (Å²) in [5.41, 5.74) is 0. The van der Waals surface area contributed by atoms with Gasteiger partial charge < -0.3 is 10.4 Å². The third kappa shape index (κ3) is 1.65. The Kier molecular flexibility index (Phi) is 2.08. The minimum Gasteiger partial charge on any atom is -0.481 e. The molecule has 0 spiro atoms. The quantitative estimate of drug-likeness (QED) is 0.588. The highest BCUT2D eigenvalue weighted by molar-refractivity contribution is 5.71. The number of carboxylic acid groups (broad SMARTS) is 1. The molecule has 0 amide bonds. The Bertz CT molecular complexity index is 172. The van der Waals surface area contributed by atoms with Crippen molar-refractivity contribution in [2.24, 2.45) is 5.92 Å². The van der Waals surface area contributed by atoms with Gasteiger partial charge in [0.1, 0.15) is 5.92 Å². The van der Waals surface area contributed by atoms with E-state index >= 15 is 0 Å². The maximum absolute atomic E-state index is 12.7. The lowest BCUT2D eigenvalue weighted by Gasteiger charge is -2.28. The van der Waals surface area contributed by atoms with Gasteiger partial charge in [0.2, 0.25) is 0 Å². The Balaban J connectivity index is 2.67. The van der Waals surface area contributed by atoms with Gasteiger partial charge in [0.05, 0.1) is 0 Å². The molecule has 1 rings (SSSR count). The Labute approximate surface area is 62.4 Å². The zero-order valence-electron chi connectivity index (χ0n) is 5.81. The van der Waals surface area contributed by atoms with E-state index in [0.29, 0.717) is 0 Å². The maximum atomic E-state index is 12.7. The predicted molar refractivity (Wildman–Crippen MR) is 33.6 cm³/mol. The van der Waals surface area contributed by atoms with Crippen LogP contribution < -0.4 is 5.32 Å². The van der Waals surface area contributed by atoms with Crippen molar-refractivity contribution in [2.45, 2.75) is 12.3 Å². The highest BCUT2D eigenvalue weighted by Crippen LogP contribution is 2.30. The molecular weight excluding hydrogens is 156 g/mol. The molecule has 3 nitrogen and oxygen atoms in total. The number of hydrogen-bond acceptors (Lipinski definition) is 2. The molecular formula is C6H9F2NO2. The van der Waals surface area contributed by atoms with Gasteiger partial charge in [-0.15, -0.1) is 0 Å². The molecule has 1 fully saturated rings. The molecule has 64 valence electrons. The lowest BCUT2D eigenvalue weighted by Crippen LogP contribution is -2.48. The van der Waals surface area contributed by atoms with Crippen LogP contribution in [0.25, 0.3) is 0 Å². The number of carboxylic acids is 1. The van der Waals surface area contributed by atoms with E-state index < -0.39 is 17.8 Å². The smallest absolute Gasteiger partial charge is 0.313 e. The van der Waals surface area contributed by atoms with E-state index in [2.05, 4.69) is 5.32 Å².